The van der Waals surface area contributed by atoms with E-state index in [2.05, 4.69) is 5.32 Å². The maximum Gasteiger partial charge on any atom is 0.244 e. The molecule has 4 rings (SSSR count). The molecule has 0 saturated carbocycles. The van der Waals surface area contributed by atoms with Crippen LogP contribution in [0.25, 0.3) is 0 Å². The van der Waals surface area contributed by atoms with Gasteiger partial charge >= 0.3 is 0 Å². The number of halogens is 2. The molecule has 0 bridgehead atoms. The summed E-state index contributed by atoms with van der Waals surface area (Å²) >= 11 is 12.4. The van der Waals surface area contributed by atoms with Crippen LogP contribution in [0.15, 0.2) is 66.7 Å². The van der Waals surface area contributed by atoms with Crippen molar-refractivity contribution in [2.24, 2.45) is 0 Å². The van der Waals surface area contributed by atoms with Gasteiger partial charge in [0.25, 0.3) is 0 Å². The first-order chi connectivity index (χ1) is 20.0. The third-order valence-electron chi connectivity index (χ3n) is 6.93. The van der Waals surface area contributed by atoms with E-state index in [1.807, 2.05) is 44.2 Å². The summed E-state index contributed by atoms with van der Waals surface area (Å²) in [6.07, 6.45) is 1.92. The smallest absolute Gasteiger partial charge is 0.244 e. The average molecular weight is 635 g/mol. The van der Waals surface area contributed by atoms with Gasteiger partial charge in [-0.1, -0.05) is 66.5 Å². The zero-order valence-corrected chi connectivity index (χ0v) is 25.9. The molecule has 0 aromatic heterocycles. The van der Waals surface area contributed by atoms with Crippen LogP contribution >= 0.6 is 23.2 Å². The molecule has 0 unspecified atom stereocenters. The molecule has 1 heterocycles. The molecule has 2 amide bonds. The van der Waals surface area contributed by atoms with E-state index in [1.165, 1.54) is 11.0 Å². The van der Waals surface area contributed by atoms with Crippen molar-refractivity contribution in [3.63, 3.8) is 0 Å². The molecule has 0 fully saturated rings. The molecule has 0 radical (unpaired) electrons. The molecule has 1 aliphatic heterocycles. The lowest BCUT2D eigenvalue weighted by molar-refractivity contribution is -0.140. The predicted molar refractivity (Wildman–Crippen MR) is 164 cm³/mol. The molecule has 0 saturated heterocycles. The van der Waals surface area contributed by atoms with E-state index in [-0.39, 0.29) is 37.4 Å². The largest absolute Gasteiger partial charge is 0.454 e. The highest BCUT2D eigenvalue weighted by Gasteiger charge is 2.34. The minimum Gasteiger partial charge on any atom is -0.454 e. The minimum atomic E-state index is -3.93. The van der Waals surface area contributed by atoms with Gasteiger partial charge in [-0.2, -0.15) is 0 Å². The highest BCUT2D eigenvalue weighted by molar-refractivity contribution is 7.92. The number of hydrogen-bond acceptors (Lipinski definition) is 6. The molecule has 9 nitrogen and oxygen atoms in total. The van der Waals surface area contributed by atoms with Crippen molar-refractivity contribution in [2.75, 3.05) is 23.9 Å². The number of sulfonamides is 1. The van der Waals surface area contributed by atoms with Gasteiger partial charge in [0, 0.05) is 25.1 Å². The van der Waals surface area contributed by atoms with Crippen LogP contribution in [-0.4, -0.2) is 56.8 Å². The quantitative estimate of drug-likeness (QED) is 0.299. The molecule has 0 aliphatic carbocycles. The van der Waals surface area contributed by atoms with Gasteiger partial charge in [-0.05, 0) is 48.7 Å². The van der Waals surface area contributed by atoms with Gasteiger partial charge < -0.3 is 19.7 Å². The molecule has 1 N–H and O–H groups in total. The predicted octanol–water partition coefficient (Wildman–Crippen LogP) is 5.04. The Hall–Kier alpha value is -3.47. The first-order valence-electron chi connectivity index (χ1n) is 13.4. The zero-order chi connectivity index (χ0) is 30.4. The van der Waals surface area contributed by atoms with Crippen molar-refractivity contribution in [3.8, 4) is 11.5 Å². The van der Waals surface area contributed by atoms with E-state index in [4.69, 9.17) is 32.7 Å². The van der Waals surface area contributed by atoms with Crippen LogP contribution in [0.1, 0.15) is 31.4 Å². The van der Waals surface area contributed by atoms with Crippen LogP contribution in [0.4, 0.5) is 5.69 Å². The number of carbonyl (C=O) groups excluding carboxylic acids is 2. The molecule has 1 aliphatic rings. The number of nitrogens with one attached hydrogen (secondary N) is 1. The van der Waals surface area contributed by atoms with Crippen molar-refractivity contribution in [2.45, 2.75) is 45.3 Å². The normalized spacial score (nSPS) is 13.7. The Balaban J connectivity index is 1.74. The first-order valence-corrected chi connectivity index (χ1v) is 16.0. The fourth-order valence-corrected chi connectivity index (χ4v) is 5.65. The molecule has 42 heavy (non-hydrogen) atoms. The molecule has 12 heteroatoms. The Morgan fingerprint density at radius 3 is 2.33 bits per heavy atom. The van der Waals surface area contributed by atoms with Gasteiger partial charge in [-0.25, -0.2) is 8.42 Å². The summed E-state index contributed by atoms with van der Waals surface area (Å²) in [5, 5.41) is 3.63. The van der Waals surface area contributed by atoms with Crippen LogP contribution in [0.5, 0.6) is 11.5 Å². The molecular weight excluding hydrogens is 601 g/mol. The van der Waals surface area contributed by atoms with Crippen LogP contribution < -0.4 is 19.1 Å². The van der Waals surface area contributed by atoms with E-state index in [0.717, 1.165) is 16.1 Å². The van der Waals surface area contributed by atoms with Gasteiger partial charge in [-0.15, -0.1) is 0 Å². The van der Waals surface area contributed by atoms with Crippen molar-refractivity contribution < 1.29 is 27.5 Å². The molecular formula is C30H33Cl2N3O6S. The van der Waals surface area contributed by atoms with E-state index < -0.39 is 28.5 Å². The molecule has 2 atom stereocenters. The topological polar surface area (TPSA) is 105 Å². The van der Waals surface area contributed by atoms with Crippen LogP contribution in [0.2, 0.25) is 10.0 Å². The van der Waals surface area contributed by atoms with Crippen molar-refractivity contribution >= 4 is 50.7 Å². The molecule has 3 aromatic rings. The SMILES string of the molecule is CC[C@H](C)NC(=O)[C@H](Cc1ccccc1)N(Cc1ccc(Cl)c(Cl)c1)C(=O)CN(c1ccc2c(c1)OCO2)S(C)(=O)=O. The molecule has 3 aromatic carbocycles. The van der Waals surface area contributed by atoms with Gasteiger partial charge in [0.15, 0.2) is 11.5 Å². The van der Waals surface area contributed by atoms with E-state index in [9.17, 15) is 18.0 Å². The highest BCUT2D eigenvalue weighted by atomic mass is 35.5. The van der Waals surface area contributed by atoms with Gasteiger partial charge in [0.1, 0.15) is 12.6 Å². The zero-order valence-electron chi connectivity index (χ0n) is 23.5. The number of amides is 2. The Morgan fingerprint density at radius 2 is 1.67 bits per heavy atom. The average Bonchev–Trinajstić information content (AvgIpc) is 3.43. The van der Waals surface area contributed by atoms with Crippen LogP contribution in [0, 0.1) is 0 Å². The highest BCUT2D eigenvalue weighted by Crippen LogP contribution is 2.36. The number of ether oxygens (including phenoxy) is 2. The third kappa shape index (κ3) is 7.87. The monoisotopic (exact) mass is 633 g/mol. The second kappa shape index (κ2) is 13.7. The summed E-state index contributed by atoms with van der Waals surface area (Å²) < 4.78 is 37.7. The summed E-state index contributed by atoms with van der Waals surface area (Å²) in [6.45, 7) is 3.28. The lowest BCUT2D eigenvalue weighted by Crippen LogP contribution is -2.54. The Bertz CT molecular complexity index is 1540. The number of carbonyl (C=O) groups is 2. The van der Waals surface area contributed by atoms with Crippen LogP contribution in [-0.2, 0) is 32.6 Å². The van der Waals surface area contributed by atoms with Crippen molar-refractivity contribution in [1.82, 2.24) is 10.2 Å². The minimum absolute atomic E-state index is 0.0140. The fourth-order valence-electron chi connectivity index (χ4n) is 4.48. The summed E-state index contributed by atoms with van der Waals surface area (Å²) in [5.74, 6) is -0.0828. The number of rotatable bonds is 12. The molecule has 224 valence electrons. The van der Waals surface area contributed by atoms with Gasteiger partial charge in [-0.3, -0.25) is 13.9 Å². The maximum absolute atomic E-state index is 14.2. The number of benzene rings is 3. The van der Waals surface area contributed by atoms with E-state index >= 15 is 0 Å². The Labute approximate surface area is 256 Å². The number of nitrogens with zero attached hydrogens (tertiary/aromatic N) is 2. The van der Waals surface area contributed by atoms with Gasteiger partial charge in [0.05, 0.1) is 22.0 Å². The summed E-state index contributed by atoms with van der Waals surface area (Å²) in [4.78, 5) is 29.3. The third-order valence-corrected chi connectivity index (χ3v) is 8.81. The summed E-state index contributed by atoms with van der Waals surface area (Å²) in [5.41, 5.74) is 1.69. The number of anilines is 1. The van der Waals surface area contributed by atoms with Crippen molar-refractivity contribution in [1.29, 1.82) is 0 Å². The van der Waals surface area contributed by atoms with Crippen molar-refractivity contribution in [3.05, 3.63) is 87.9 Å². The second-order valence-electron chi connectivity index (χ2n) is 10.1. The number of fused-ring (bicyclic) bond motifs is 1. The Kier molecular flexibility index (Phi) is 10.2. The van der Waals surface area contributed by atoms with E-state index in [0.29, 0.717) is 33.5 Å². The lowest BCUT2D eigenvalue weighted by atomic mass is 10.0. The standard InChI is InChI=1S/C30H33Cl2N3O6S/c1-4-20(2)33-30(37)26(15-21-8-6-5-7-9-21)34(17-22-10-12-24(31)25(32)14-22)29(36)18-35(42(3,38)39)23-11-13-27-28(16-23)41-19-40-27/h5-14,16,20,26H,4,15,17-19H2,1-3H3,(H,33,37)/t20-,26-/m0/s1. The van der Waals surface area contributed by atoms with Crippen LogP contribution in [0.3, 0.4) is 0 Å². The summed E-state index contributed by atoms with van der Waals surface area (Å²) in [6, 6.07) is 17.8. The maximum atomic E-state index is 14.2. The number of hydrogen-bond donors (Lipinski definition) is 1. The summed E-state index contributed by atoms with van der Waals surface area (Å²) in [7, 11) is -3.93. The van der Waals surface area contributed by atoms with Gasteiger partial charge in [0.2, 0.25) is 28.6 Å². The fraction of sp³-hybridized carbons (Fsp3) is 0.333. The molecule has 0 spiro atoms. The second-order valence-corrected chi connectivity index (χ2v) is 12.8. The Morgan fingerprint density at radius 1 is 0.952 bits per heavy atom. The lowest BCUT2D eigenvalue weighted by Gasteiger charge is -2.34. The van der Waals surface area contributed by atoms with E-state index in [1.54, 1.807) is 30.3 Å². The first kappa shape index (κ1) is 31.5.